The SMILES string of the molecule is CS(=O)(=O)c1ccccc1C#CCCl. The third kappa shape index (κ3) is 2.76. The minimum Gasteiger partial charge on any atom is -0.224 e. The van der Waals surface area contributed by atoms with Gasteiger partial charge < -0.3 is 0 Å². The fourth-order valence-corrected chi connectivity index (χ4v) is 1.93. The number of rotatable bonds is 1. The Morgan fingerprint density at radius 3 is 2.57 bits per heavy atom. The van der Waals surface area contributed by atoms with Crippen molar-refractivity contribution in [2.24, 2.45) is 0 Å². The van der Waals surface area contributed by atoms with Gasteiger partial charge in [0.1, 0.15) is 0 Å². The standard InChI is InChI=1S/C10H9ClO2S/c1-14(12,13)10-7-3-2-5-9(10)6-4-8-11/h2-3,5,7H,8H2,1H3. The topological polar surface area (TPSA) is 34.1 Å². The molecule has 1 aromatic rings. The van der Waals surface area contributed by atoms with Crippen molar-refractivity contribution in [3.63, 3.8) is 0 Å². The maximum atomic E-state index is 11.3. The summed E-state index contributed by atoms with van der Waals surface area (Å²) in [5.41, 5.74) is 0.496. The van der Waals surface area contributed by atoms with E-state index in [4.69, 9.17) is 11.6 Å². The van der Waals surface area contributed by atoms with Crippen LogP contribution in [0.2, 0.25) is 0 Å². The molecule has 0 aliphatic carbocycles. The lowest BCUT2D eigenvalue weighted by Crippen LogP contribution is -1.99. The molecule has 0 unspecified atom stereocenters. The van der Waals surface area contributed by atoms with Crippen molar-refractivity contribution in [1.82, 2.24) is 0 Å². The van der Waals surface area contributed by atoms with E-state index >= 15 is 0 Å². The third-order valence-electron chi connectivity index (χ3n) is 1.58. The Morgan fingerprint density at radius 2 is 2.00 bits per heavy atom. The normalized spacial score (nSPS) is 10.4. The molecule has 0 bridgehead atoms. The predicted molar refractivity (Wildman–Crippen MR) is 57.1 cm³/mol. The van der Waals surface area contributed by atoms with Gasteiger partial charge >= 0.3 is 0 Å². The summed E-state index contributed by atoms with van der Waals surface area (Å²) in [6.07, 6.45) is 1.16. The van der Waals surface area contributed by atoms with Gasteiger partial charge in [-0.25, -0.2) is 8.42 Å². The van der Waals surface area contributed by atoms with Crippen LogP contribution in [-0.4, -0.2) is 20.6 Å². The second-order valence-corrected chi connectivity index (χ2v) is 4.96. The van der Waals surface area contributed by atoms with Crippen molar-refractivity contribution in [3.05, 3.63) is 29.8 Å². The molecular formula is C10H9ClO2S. The quantitative estimate of drug-likeness (QED) is 0.542. The summed E-state index contributed by atoms with van der Waals surface area (Å²) in [5, 5.41) is 0. The van der Waals surface area contributed by atoms with Gasteiger partial charge in [0.25, 0.3) is 0 Å². The van der Waals surface area contributed by atoms with E-state index in [0.717, 1.165) is 6.26 Å². The number of hydrogen-bond donors (Lipinski definition) is 0. The molecule has 14 heavy (non-hydrogen) atoms. The van der Waals surface area contributed by atoms with E-state index in [0.29, 0.717) is 5.56 Å². The smallest absolute Gasteiger partial charge is 0.176 e. The summed E-state index contributed by atoms with van der Waals surface area (Å²) >= 11 is 5.39. The van der Waals surface area contributed by atoms with Crippen LogP contribution in [0.3, 0.4) is 0 Å². The average molecular weight is 229 g/mol. The van der Waals surface area contributed by atoms with Crippen LogP contribution in [-0.2, 0) is 9.84 Å². The first-order valence-electron chi connectivity index (χ1n) is 3.89. The lowest BCUT2D eigenvalue weighted by molar-refractivity contribution is 0.601. The van der Waals surface area contributed by atoms with Crippen molar-refractivity contribution in [2.45, 2.75) is 4.90 Å². The highest BCUT2D eigenvalue weighted by atomic mass is 35.5. The average Bonchev–Trinajstić information content (AvgIpc) is 2.14. The maximum absolute atomic E-state index is 11.3. The Hall–Kier alpha value is -0.980. The zero-order valence-electron chi connectivity index (χ0n) is 7.62. The molecule has 0 spiro atoms. The molecule has 1 aromatic carbocycles. The molecule has 2 nitrogen and oxygen atoms in total. The van der Waals surface area contributed by atoms with Gasteiger partial charge in [-0.1, -0.05) is 24.0 Å². The van der Waals surface area contributed by atoms with Crippen LogP contribution < -0.4 is 0 Å². The van der Waals surface area contributed by atoms with Gasteiger partial charge in [0.15, 0.2) is 9.84 Å². The molecule has 0 saturated heterocycles. The molecule has 0 aliphatic heterocycles. The predicted octanol–water partition coefficient (Wildman–Crippen LogP) is 1.68. The second kappa shape index (κ2) is 4.50. The monoisotopic (exact) mass is 228 g/mol. The van der Waals surface area contributed by atoms with Gasteiger partial charge in [-0.3, -0.25) is 0 Å². The van der Waals surface area contributed by atoms with Gasteiger partial charge in [0.2, 0.25) is 0 Å². The molecule has 0 atom stereocenters. The minimum absolute atomic E-state index is 0.193. The molecule has 0 aromatic heterocycles. The molecule has 0 amide bonds. The first kappa shape index (κ1) is 11.1. The highest BCUT2D eigenvalue weighted by Gasteiger charge is 2.10. The van der Waals surface area contributed by atoms with Gasteiger partial charge in [-0.15, -0.1) is 11.6 Å². The maximum Gasteiger partial charge on any atom is 0.176 e. The number of sulfone groups is 1. The molecule has 0 heterocycles. The van der Waals surface area contributed by atoms with E-state index in [1.165, 1.54) is 6.07 Å². The van der Waals surface area contributed by atoms with Crippen LogP contribution in [0.25, 0.3) is 0 Å². The van der Waals surface area contributed by atoms with Crippen LogP contribution in [0, 0.1) is 11.8 Å². The van der Waals surface area contributed by atoms with Gasteiger partial charge in [-0.05, 0) is 12.1 Å². The van der Waals surface area contributed by atoms with Crippen LogP contribution >= 0.6 is 11.6 Å². The molecule has 0 aliphatic rings. The largest absolute Gasteiger partial charge is 0.224 e. The van der Waals surface area contributed by atoms with Crippen molar-refractivity contribution in [2.75, 3.05) is 12.1 Å². The van der Waals surface area contributed by atoms with Crippen molar-refractivity contribution < 1.29 is 8.42 Å². The molecule has 0 saturated carbocycles. The fourth-order valence-electron chi connectivity index (χ4n) is 1.02. The van der Waals surface area contributed by atoms with Crippen LogP contribution in [0.1, 0.15) is 5.56 Å². The highest BCUT2D eigenvalue weighted by Crippen LogP contribution is 2.13. The lowest BCUT2D eigenvalue weighted by Gasteiger charge is -2.00. The lowest BCUT2D eigenvalue weighted by atomic mass is 10.2. The Labute approximate surface area is 88.8 Å². The Kier molecular flexibility index (Phi) is 3.56. The minimum atomic E-state index is -3.21. The van der Waals surface area contributed by atoms with E-state index in [2.05, 4.69) is 11.8 Å². The van der Waals surface area contributed by atoms with Gasteiger partial charge in [-0.2, -0.15) is 0 Å². The van der Waals surface area contributed by atoms with E-state index in [1.54, 1.807) is 18.2 Å². The summed E-state index contributed by atoms with van der Waals surface area (Å²) in [7, 11) is -3.21. The van der Waals surface area contributed by atoms with Gasteiger partial charge in [0.05, 0.1) is 10.8 Å². The fraction of sp³-hybridized carbons (Fsp3) is 0.200. The Morgan fingerprint density at radius 1 is 1.36 bits per heavy atom. The van der Waals surface area contributed by atoms with Crippen molar-refractivity contribution in [1.29, 1.82) is 0 Å². The summed E-state index contributed by atoms with van der Waals surface area (Å²) in [6, 6.07) is 6.61. The Balaban J connectivity index is 3.31. The molecular weight excluding hydrogens is 220 g/mol. The zero-order chi connectivity index (χ0) is 10.6. The molecule has 4 heteroatoms. The highest BCUT2D eigenvalue weighted by molar-refractivity contribution is 7.90. The molecule has 1 rings (SSSR count). The number of alkyl halides is 1. The number of halogens is 1. The molecule has 0 N–H and O–H groups in total. The van der Waals surface area contributed by atoms with E-state index < -0.39 is 9.84 Å². The summed E-state index contributed by atoms with van der Waals surface area (Å²) in [4.78, 5) is 0.248. The molecule has 74 valence electrons. The van der Waals surface area contributed by atoms with E-state index in [1.807, 2.05) is 0 Å². The molecule has 0 fully saturated rings. The van der Waals surface area contributed by atoms with Crippen molar-refractivity contribution in [3.8, 4) is 11.8 Å². The summed E-state index contributed by atoms with van der Waals surface area (Å²) in [5.74, 6) is 5.53. The van der Waals surface area contributed by atoms with Gasteiger partial charge in [0, 0.05) is 11.8 Å². The van der Waals surface area contributed by atoms with E-state index in [9.17, 15) is 8.42 Å². The zero-order valence-corrected chi connectivity index (χ0v) is 9.19. The molecule has 0 radical (unpaired) electrons. The van der Waals surface area contributed by atoms with Crippen molar-refractivity contribution >= 4 is 21.4 Å². The summed E-state index contributed by atoms with van der Waals surface area (Å²) < 4.78 is 22.6. The number of benzene rings is 1. The van der Waals surface area contributed by atoms with Crippen LogP contribution in [0.15, 0.2) is 29.2 Å². The summed E-state index contributed by atoms with van der Waals surface area (Å²) in [6.45, 7) is 0. The first-order valence-corrected chi connectivity index (χ1v) is 6.32. The van der Waals surface area contributed by atoms with Crippen LogP contribution in [0.4, 0.5) is 0 Å². The van der Waals surface area contributed by atoms with Crippen LogP contribution in [0.5, 0.6) is 0 Å². The third-order valence-corrected chi connectivity index (χ3v) is 2.86. The number of hydrogen-bond acceptors (Lipinski definition) is 2. The van der Waals surface area contributed by atoms with E-state index in [-0.39, 0.29) is 10.8 Å². The second-order valence-electron chi connectivity index (χ2n) is 2.70. The first-order chi connectivity index (χ1) is 6.55. The Bertz CT molecular complexity index is 480.